The minimum atomic E-state index is 0.547. The third-order valence-corrected chi connectivity index (χ3v) is 3.58. The summed E-state index contributed by atoms with van der Waals surface area (Å²) in [5.41, 5.74) is 17.7. The standard InChI is InChI=1S/C19H19N3/c20-13-14-2-1-3-19(12-14)22-18-10-6-16(7-11-18)15-4-8-17(21)9-5-15/h1-12,22H,13,20-21H2. The molecule has 0 spiro atoms. The number of nitrogens with one attached hydrogen (secondary N) is 1. The van der Waals surface area contributed by atoms with Crippen LogP contribution >= 0.6 is 0 Å². The van der Waals surface area contributed by atoms with E-state index in [1.165, 1.54) is 5.56 Å². The van der Waals surface area contributed by atoms with Gasteiger partial charge in [0.2, 0.25) is 0 Å². The maximum absolute atomic E-state index is 5.72. The molecule has 0 radical (unpaired) electrons. The molecular weight excluding hydrogens is 270 g/mol. The minimum absolute atomic E-state index is 0.547. The molecule has 110 valence electrons. The third-order valence-electron chi connectivity index (χ3n) is 3.58. The lowest BCUT2D eigenvalue weighted by atomic mass is 10.1. The summed E-state index contributed by atoms with van der Waals surface area (Å²) in [4.78, 5) is 0. The van der Waals surface area contributed by atoms with Crippen LogP contribution in [0.2, 0.25) is 0 Å². The van der Waals surface area contributed by atoms with Gasteiger partial charge in [0.15, 0.2) is 0 Å². The number of anilines is 3. The molecule has 0 aliphatic carbocycles. The van der Waals surface area contributed by atoms with E-state index in [2.05, 4.69) is 35.6 Å². The van der Waals surface area contributed by atoms with Gasteiger partial charge in [0.25, 0.3) is 0 Å². The smallest absolute Gasteiger partial charge is 0.0387 e. The Labute approximate surface area is 130 Å². The molecule has 3 aromatic carbocycles. The lowest BCUT2D eigenvalue weighted by molar-refractivity contribution is 1.07. The normalized spacial score (nSPS) is 10.4. The predicted octanol–water partition coefficient (Wildman–Crippen LogP) is 4.14. The van der Waals surface area contributed by atoms with Gasteiger partial charge < -0.3 is 16.8 Å². The zero-order chi connectivity index (χ0) is 15.4. The van der Waals surface area contributed by atoms with Crippen LogP contribution < -0.4 is 16.8 Å². The van der Waals surface area contributed by atoms with Crippen molar-refractivity contribution < 1.29 is 0 Å². The fourth-order valence-electron chi connectivity index (χ4n) is 2.36. The van der Waals surface area contributed by atoms with Gasteiger partial charge in [-0.3, -0.25) is 0 Å². The molecule has 3 heteroatoms. The Hall–Kier alpha value is -2.78. The first-order valence-corrected chi connectivity index (χ1v) is 7.26. The van der Waals surface area contributed by atoms with E-state index >= 15 is 0 Å². The Morgan fingerprint density at radius 3 is 2.00 bits per heavy atom. The van der Waals surface area contributed by atoms with Crippen molar-refractivity contribution >= 4 is 17.1 Å². The average Bonchev–Trinajstić information content (AvgIpc) is 2.57. The topological polar surface area (TPSA) is 64.1 Å². The Morgan fingerprint density at radius 1 is 0.727 bits per heavy atom. The highest BCUT2D eigenvalue weighted by atomic mass is 14.9. The van der Waals surface area contributed by atoms with Crippen molar-refractivity contribution in [3.63, 3.8) is 0 Å². The number of hydrogen-bond acceptors (Lipinski definition) is 3. The van der Waals surface area contributed by atoms with Gasteiger partial charge in [0, 0.05) is 23.6 Å². The zero-order valence-corrected chi connectivity index (χ0v) is 12.3. The lowest BCUT2D eigenvalue weighted by Gasteiger charge is -2.09. The van der Waals surface area contributed by atoms with Crippen LogP contribution in [0, 0.1) is 0 Å². The molecule has 0 amide bonds. The number of nitrogen functional groups attached to an aromatic ring is 1. The van der Waals surface area contributed by atoms with Crippen molar-refractivity contribution in [1.82, 2.24) is 0 Å². The van der Waals surface area contributed by atoms with Gasteiger partial charge in [-0.05, 0) is 53.1 Å². The summed E-state index contributed by atoms with van der Waals surface area (Å²) in [6.07, 6.45) is 0. The maximum Gasteiger partial charge on any atom is 0.0387 e. The molecule has 3 nitrogen and oxygen atoms in total. The van der Waals surface area contributed by atoms with E-state index in [0.29, 0.717) is 6.54 Å². The van der Waals surface area contributed by atoms with Crippen molar-refractivity contribution in [2.45, 2.75) is 6.54 Å². The lowest BCUT2D eigenvalue weighted by Crippen LogP contribution is -1.97. The SMILES string of the molecule is NCc1cccc(Nc2ccc(-c3ccc(N)cc3)cc2)c1. The van der Waals surface area contributed by atoms with E-state index in [1.54, 1.807) is 0 Å². The van der Waals surface area contributed by atoms with Gasteiger partial charge in [0.1, 0.15) is 0 Å². The van der Waals surface area contributed by atoms with Gasteiger partial charge in [0.05, 0.1) is 0 Å². The summed E-state index contributed by atoms with van der Waals surface area (Å²) in [7, 11) is 0. The summed E-state index contributed by atoms with van der Waals surface area (Å²) in [6.45, 7) is 0.547. The Balaban J connectivity index is 1.77. The molecule has 0 saturated heterocycles. The van der Waals surface area contributed by atoms with Crippen LogP contribution in [-0.4, -0.2) is 0 Å². The van der Waals surface area contributed by atoms with Crippen LogP contribution in [0.1, 0.15) is 5.56 Å². The molecule has 0 unspecified atom stereocenters. The number of benzene rings is 3. The Kier molecular flexibility index (Phi) is 4.08. The van der Waals surface area contributed by atoms with Crippen LogP contribution in [-0.2, 0) is 6.54 Å². The Bertz CT molecular complexity index is 746. The monoisotopic (exact) mass is 289 g/mol. The molecule has 3 rings (SSSR count). The second-order valence-electron chi connectivity index (χ2n) is 5.23. The number of nitrogens with two attached hydrogens (primary N) is 2. The second kappa shape index (κ2) is 6.33. The van der Waals surface area contributed by atoms with Crippen molar-refractivity contribution in [3.8, 4) is 11.1 Å². The maximum atomic E-state index is 5.72. The molecule has 0 aliphatic rings. The number of rotatable bonds is 4. The second-order valence-corrected chi connectivity index (χ2v) is 5.23. The summed E-state index contributed by atoms with van der Waals surface area (Å²) in [5, 5.41) is 3.39. The predicted molar refractivity (Wildman–Crippen MR) is 93.9 cm³/mol. The summed E-state index contributed by atoms with van der Waals surface area (Å²) in [5.74, 6) is 0. The molecule has 5 N–H and O–H groups in total. The van der Waals surface area contributed by atoms with E-state index in [-0.39, 0.29) is 0 Å². The third kappa shape index (κ3) is 3.27. The molecular formula is C19H19N3. The Morgan fingerprint density at radius 2 is 1.36 bits per heavy atom. The van der Waals surface area contributed by atoms with Crippen LogP contribution in [0.15, 0.2) is 72.8 Å². The molecule has 0 heterocycles. The molecule has 3 aromatic rings. The van der Waals surface area contributed by atoms with Crippen LogP contribution in [0.3, 0.4) is 0 Å². The van der Waals surface area contributed by atoms with E-state index in [0.717, 1.165) is 28.2 Å². The van der Waals surface area contributed by atoms with Gasteiger partial charge in [-0.25, -0.2) is 0 Å². The van der Waals surface area contributed by atoms with Crippen molar-refractivity contribution in [3.05, 3.63) is 78.4 Å². The first-order chi connectivity index (χ1) is 10.7. The van der Waals surface area contributed by atoms with E-state index < -0.39 is 0 Å². The molecule has 0 aromatic heterocycles. The van der Waals surface area contributed by atoms with Gasteiger partial charge in [-0.1, -0.05) is 36.4 Å². The highest BCUT2D eigenvalue weighted by Crippen LogP contribution is 2.24. The molecule has 0 atom stereocenters. The van der Waals surface area contributed by atoms with Gasteiger partial charge in [-0.2, -0.15) is 0 Å². The largest absolute Gasteiger partial charge is 0.399 e. The quantitative estimate of drug-likeness (QED) is 0.632. The molecule has 0 bridgehead atoms. The zero-order valence-electron chi connectivity index (χ0n) is 12.3. The molecule has 22 heavy (non-hydrogen) atoms. The van der Waals surface area contributed by atoms with Gasteiger partial charge in [-0.15, -0.1) is 0 Å². The van der Waals surface area contributed by atoms with E-state index in [4.69, 9.17) is 11.5 Å². The minimum Gasteiger partial charge on any atom is -0.399 e. The number of hydrogen-bond donors (Lipinski definition) is 3. The summed E-state index contributed by atoms with van der Waals surface area (Å²) < 4.78 is 0. The average molecular weight is 289 g/mol. The molecule has 0 saturated carbocycles. The fourth-order valence-corrected chi connectivity index (χ4v) is 2.36. The van der Waals surface area contributed by atoms with Crippen molar-refractivity contribution in [2.24, 2.45) is 5.73 Å². The highest BCUT2D eigenvalue weighted by Gasteiger charge is 1.99. The van der Waals surface area contributed by atoms with Crippen molar-refractivity contribution in [2.75, 3.05) is 11.1 Å². The first kappa shape index (κ1) is 14.2. The van der Waals surface area contributed by atoms with E-state index in [1.807, 2.05) is 42.5 Å². The molecule has 0 fully saturated rings. The summed E-state index contributed by atoms with van der Waals surface area (Å²) in [6, 6.07) is 24.4. The fraction of sp³-hybridized carbons (Fsp3) is 0.0526. The van der Waals surface area contributed by atoms with Gasteiger partial charge >= 0.3 is 0 Å². The molecule has 0 aliphatic heterocycles. The van der Waals surface area contributed by atoms with Crippen molar-refractivity contribution in [1.29, 1.82) is 0 Å². The van der Waals surface area contributed by atoms with E-state index in [9.17, 15) is 0 Å². The highest BCUT2D eigenvalue weighted by molar-refractivity contribution is 5.69. The first-order valence-electron chi connectivity index (χ1n) is 7.26. The van der Waals surface area contributed by atoms with Crippen LogP contribution in [0.25, 0.3) is 11.1 Å². The summed E-state index contributed by atoms with van der Waals surface area (Å²) >= 11 is 0. The van der Waals surface area contributed by atoms with Crippen LogP contribution in [0.5, 0.6) is 0 Å². The van der Waals surface area contributed by atoms with Crippen LogP contribution in [0.4, 0.5) is 17.1 Å².